The molecule has 0 spiro atoms. The van der Waals surface area contributed by atoms with E-state index in [1.165, 1.54) is 23.1 Å². The van der Waals surface area contributed by atoms with Crippen LogP contribution in [0.4, 0.5) is 26.3 Å². The van der Waals surface area contributed by atoms with Gasteiger partial charge in [-0.1, -0.05) is 32.1 Å². The maximum Gasteiger partial charge on any atom is 0.451 e. The summed E-state index contributed by atoms with van der Waals surface area (Å²) in [5.41, 5.74) is 1.54. The van der Waals surface area contributed by atoms with Crippen LogP contribution in [0.25, 0.3) is 0 Å². The van der Waals surface area contributed by atoms with Crippen molar-refractivity contribution >= 4 is 11.4 Å². The third kappa shape index (κ3) is 7.13. The molecule has 3 aromatic rings. The van der Waals surface area contributed by atoms with Crippen LogP contribution in [0.5, 0.6) is 0 Å². The fourth-order valence-electron chi connectivity index (χ4n) is 5.28. The van der Waals surface area contributed by atoms with Gasteiger partial charge >= 0.3 is 12.1 Å². The molecule has 0 unspecified atom stereocenters. The fourth-order valence-corrected chi connectivity index (χ4v) is 5.28. The summed E-state index contributed by atoms with van der Waals surface area (Å²) in [5, 5.41) is 8.66. The van der Waals surface area contributed by atoms with E-state index in [-0.39, 0.29) is 30.4 Å². The van der Waals surface area contributed by atoms with Crippen LogP contribution in [0.15, 0.2) is 59.0 Å². The van der Waals surface area contributed by atoms with Crippen LogP contribution in [-0.4, -0.2) is 49.3 Å². The van der Waals surface area contributed by atoms with Gasteiger partial charge < -0.3 is 4.90 Å². The second kappa shape index (κ2) is 13.2. The zero-order chi connectivity index (χ0) is 32.2. The zero-order valence-electron chi connectivity index (χ0n) is 24.9. The fraction of sp³-hybridized carbons (Fsp3) is 0.419. The molecule has 0 N–H and O–H groups in total. The quantitative estimate of drug-likeness (QED) is 0.141. The van der Waals surface area contributed by atoms with Crippen molar-refractivity contribution in [1.29, 1.82) is 0 Å². The predicted octanol–water partition coefficient (Wildman–Crippen LogP) is 7.54. The number of allylic oxidation sites excluding steroid dienone is 1. The lowest BCUT2D eigenvalue weighted by molar-refractivity contribution is -0.145. The number of piperidine rings is 1. The third-order valence-electron chi connectivity index (χ3n) is 7.44. The van der Waals surface area contributed by atoms with Crippen molar-refractivity contribution in [2.45, 2.75) is 71.4 Å². The van der Waals surface area contributed by atoms with Crippen LogP contribution < -0.4 is 0 Å². The highest BCUT2D eigenvalue weighted by Gasteiger charge is 2.41. The molecule has 1 aliphatic rings. The Labute approximate surface area is 251 Å². The molecule has 3 heterocycles. The van der Waals surface area contributed by atoms with Gasteiger partial charge in [0, 0.05) is 30.8 Å². The smallest absolute Gasteiger partial charge is 0.370 e. The number of likely N-dealkylation sites (tertiary alicyclic amines) is 1. The van der Waals surface area contributed by atoms with Crippen molar-refractivity contribution < 1.29 is 26.3 Å². The highest BCUT2D eigenvalue weighted by molar-refractivity contribution is 6.03. The summed E-state index contributed by atoms with van der Waals surface area (Å²) in [6, 6.07) is 6.13. The van der Waals surface area contributed by atoms with Gasteiger partial charge in [-0.25, -0.2) is 24.3 Å². The molecule has 1 saturated heterocycles. The van der Waals surface area contributed by atoms with Gasteiger partial charge in [0.15, 0.2) is 0 Å². The molecule has 0 radical (unpaired) electrons. The van der Waals surface area contributed by atoms with E-state index in [0.29, 0.717) is 54.2 Å². The van der Waals surface area contributed by atoms with E-state index in [9.17, 15) is 17.6 Å². The molecular formula is C31H33F6N7. The molecule has 1 fully saturated rings. The summed E-state index contributed by atoms with van der Waals surface area (Å²) in [6.07, 6.45) is -1.80. The van der Waals surface area contributed by atoms with E-state index in [0.717, 1.165) is 18.3 Å². The molecule has 0 bridgehead atoms. The highest BCUT2D eigenvalue weighted by Crippen LogP contribution is 2.40. The van der Waals surface area contributed by atoms with Gasteiger partial charge in [0.25, 0.3) is 0 Å². The summed E-state index contributed by atoms with van der Waals surface area (Å²) in [4.78, 5) is 17.6. The van der Waals surface area contributed by atoms with E-state index in [1.54, 1.807) is 20.8 Å². The minimum Gasteiger partial charge on any atom is -0.370 e. The van der Waals surface area contributed by atoms with Crippen molar-refractivity contribution in [2.24, 2.45) is 10.2 Å². The Morgan fingerprint density at radius 3 is 2.32 bits per heavy atom. The van der Waals surface area contributed by atoms with E-state index < -0.39 is 35.0 Å². The monoisotopic (exact) mass is 617 g/mol. The highest BCUT2D eigenvalue weighted by atomic mass is 19.4. The largest absolute Gasteiger partial charge is 0.451 e. The minimum atomic E-state index is -4.70. The van der Waals surface area contributed by atoms with Crippen molar-refractivity contribution in [2.75, 3.05) is 13.1 Å². The van der Waals surface area contributed by atoms with Gasteiger partial charge in [-0.2, -0.15) is 32.2 Å². The Morgan fingerprint density at radius 1 is 1.00 bits per heavy atom. The Morgan fingerprint density at radius 2 is 1.68 bits per heavy atom. The molecule has 0 saturated carbocycles. The summed E-state index contributed by atoms with van der Waals surface area (Å²) in [6.45, 7) is 11.2. The van der Waals surface area contributed by atoms with Crippen LogP contribution in [-0.2, 0) is 12.1 Å². The Hall–Kier alpha value is -4.16. The first-order valence-corrected chi connectivity index (χ1v) is 14.2. The summed E-state index contributed by atoms with van der Waals surface area (Å²) in [5.74, 6) is -5.43. The van der Waals surface area contributed by atoms with Crippen LogP contribution in [0, 0.1) is 19.7 Å². The number of nitrogens with zero attached hydrogens (tertiary/aromatic N) is 7. The van der Waals surface area contributed by atoms with Gasteiger partial charge in [-0.15, -0.1) is 0 Å². The topological polar surface area (TPSA) is 79.5 Å². The van der Waals surface area contributed by atoms with Gasteiger partial charge in [0.1, 0.15) is 11.6 Å². The van der Waals surface area contributed by atoms with Gasteiger partial charge in [-0.05, 0) is 58.2 Å². The second-order valence-electron chi connectivity index (χ2n) is 10.6. The van der Waals surface area contributed by atoms with Gasteiger partial charge in [0.2, 0.25) is 5.82 Å². The standard InChI is InChI=1S/C31H33F6N7/c1-6-9-26(25-12-15-38-29(41-25)31(35,36)37)43-42-19(3)27-18(2)39-21(5)40-28(27)22-13-16-44(17-14-22)20(4)30(33,34)23-10-7-8-11-24(23)32/h7-8,10-12,15,22H,4,6,9,13-14,16-17H2,1-3,5H3/b42-19+,43-26+. The molecule has 0 aliphatic carbocycles. The van der Waals surface area contributed by atoms with E-state index in [1.807, 2.05) is 6.92 Å². The number of alkyl halides is 5. The molecule has 1 aliphatic heterocycles. The number of halogens is 6. The first-order chi connectivity index (χ1) is 20.7. The van der Waals surface area contributed by atoms with Gasteiger partial charge in [0.05, 0.1) is 39.8 Å². The lowest BCUT2D eigenvalue weighted by Crippen LogP contribution is -2.38. The Balaban J connectivity index is 1.60. The second-order valence-corrected chi connectivity index (χ2v) is 10.6. The van der Waals surface area contributed by atoms with Gasteiger partial charge in [-0.3, -0.25) is 0 Å². The minimum absolute atomic E-state index is 0.0302. The molecule has 13 heteroatoms. The first-order valence-electron chi connectivity index (χ1n) is 14.2. The normalized spacial score (nSPS) is 15.5. The van der Waals surface area contributed by atoms with Crippen LogP contribution >= 0.6 is 0 Å². The number of hydrogen-bond acceptors (Lipinski definition) is 7. The molecular weight excluding hydrogens is 584 g/mol. The molecule has 0 amide bonds. The number of benzene rings is 1. The van der Waals surface area contributed by atoms with Crippen molar-refractivity contribution in [3.05, 3.63) is 94.5 Å². The Bertz CT molecular complexity index is 1570. The van der Waals surface area contributed by atoms with Crippen LogP contribution in [0.2, 0.25) is 0 Å². The summed E-state index contributed by atoms with van der Waals surface area (Å²) >= 11 is 0. The molecule has 2 aromatic heterocycles. The molecule has 4 rings (SSSR count). The lowest BCUT2D eigenvalue weighted by atomic mass is 9.88. The first kappa shape index (κ1) is 32.7. The molecule has 1 aromatic carbocycles. The van der Waals surface area contributed by atoms with Crippen LogP contribution in [0.3, 0.4) is 0 Å². The SMILES string of the molecule is C=C(N1CCC(c2nc(C)nc(C)c2/C(C)=N/N=C(\CCC)c2ccnc(C(F)(F)F)n2)CC1)C(F)(F)c1ccccc1F. The summed E-state index contributed by atoms with van der Waals surface area (Å²) < 4.78 is 84.2. The van der Waals surface area contributed by atoms with E-state index in [4.69, 9.17) is 4.98 Å². The molecule has 234 valence electrons. The number of aryl methyl sites for hydroxylation is 2. The summed E-state index contributed by atoms with van der Waals surface area (Å²) in [7, 11) is 0. The molecule has 0 atom stereocenters. The molecule has 44 heavy (non-hydrogen) atoms. The predicted molar refractivity (Wildman–Crippen MR) is 155 cm³/mol. The van der Waals surface area contributed by atoms with E-state index in [2.05, 4.69) is 31.7 Å². The van der Waals surface area contributed by atoms with Crippen LogP contribution in [0.1, 0.15) is 85.3 Å². The zero-order valence-corrected chi connectivity index (χ0v) is 24.9. The average molecular weight is 618 g/mol. The number of aromatic nitrogens is 4. The third-order valence-corrected chi connectivity index (χ3v) is 7.44. The number of rotatable bonds is 9. The maximum absolute atomic E-state index is 15.2. The van der Waals surface area contributed by atoms with Crippen molar-refractivity contribution in [3.63, 3.8) is 0 Å². The van der Waals surface area contributed by atoms with E-state index >= 15 is 8.78 Å². The molecule has 7 nitrogen and oxygen atoms in total. The van der Waals surface area contributed by atoms with Crippen molar-refractivity contribution in [3.8, 4) is 0 Å². The maximum atomic E-state index is 15.2. The Kier molecular flexibility index (Phi) is 9.85. The van der Waals surface area contributed by atoms with Crippen molar-refractivity contribution in [1.82, 2.24) is 24.8 Å². The average Bonchev–Trinajstić information content (AvgIpc) is 2.98. The number of hydrogen-bond donors (Lipinski definition) is 0. The lowest BCUT2D eigenvalue weighted by Gasteiger charge is -2.37.